The molecule has 2 aromatic rings. The number of anilines is 1. The lowest BCUT2D eigenvalue weighted by atomic mass is 9.94. The van der Waals surface area contributed by atoms with Crippen molar-refractivity contribution in [2.24, 2.45) is 5.41 Å². The number of carbonyl (C=O) groups is 1. The van der Waals surface area contributed by atoms with Crippen LogP contribution in [0.4, 0.5) is 5.82 Å². The van der Waals surface area contributed by atoms with Gasteiger partial charge in [0.05, 0.1) is 10.7 Å². The number of rotatable bonds is 2. The first kappa shape index (κ1) is 17.7. The number of carbonyl (C=O) groups excluding carboxylic acids is 1. The van der Waals surface area contributed by atoms with Gasteiger partial charge in [0.2, 0.25) is 5.91 Å². The van der Waals surface area contributed by atoms with Crippen LogP contribution in [0, 0.1) is 5.41 Å². The molecule has 1 saturated heterocycles. The third-order valence-corrected chi connectivity index (χ3v) is 4.66. The van der Waals surface area contributed by atoms with Gasteiger partial charge < -0.3 is 9.80 Å². The molecule has 0 unspecified atom stereocenters. The van der Waals surface area contributed by atoms with Gasteiger partial charge in [0.1, 0.15) is 0 Å². The van der Waals surface area contributed by atoms with E-state index in [9.17, 15) is 4.79 Å². The van der Waals surface area contributed by atoms with Gasteiger partial charge in [0, 0.05) is 37.2 Å². The number of benzene rings is 1. The van der Waals surface area contributed by atoms with E-state index in [-0.39, 0.29) is 11.3 Å². The number of halogens is 1. The molecule has 1 aromatic heterocycles. The van der Waals surface area contributed by atoms with Crippen molar-refractivity contribution in [2.75, 3.05) is 31.1 Å². The Morgan fingerprint density at radius 1 is 1.00 bits per heavy atom. The molecule has 0 N–H and O–H groups in total. The lowest BCUT2D eigenvalue weighted by molar-refractivity contribution is -0.139. The monoisotopic (exact) mass is 358 g/mol. The Kier molecular flexibility index (Phi) is 4.95. The zero-order valence-electron chi connectivity index (χ0n) is 14.9. The summed E-state index contributed by atoms with van der Waals surface area (Å²) in [5.74, 6) is 1.03. The van der Waals surface area contributed by atoms with Crippen LogP contribution in [0.15, 0.2) is 36.4 Å². The van der Waals surface area contributed by atoms with Crippen molar-refractivity contribution in [3.63, 3.8) is 0 Å². The molecule has 0 atom stereocenters. The van der Waals surface area contributed by atoms with Gasteiger partial charge >= 0.3 is 0 Å². The highest BCUT2D eigenvalue weighted by atomic mass is 35.5. The molecule has 3 rings (SSSR count). The summed E-state index contributed by atoms with van der Waals surface area (Å²) in [5.41, 5.74) is 1.30. The van der Waals surface area contributed by atoms with Gasteiger partial charge in [-0.1, -0.05) is 50.6 Å². The predicted octanol–water partition coefficient (Wildman–Crippen LogP) is 3.49. The Balaban J connectivity index is 1.67. The molecular formula is C19H23ClN4O. The minimum Gasteiger partial charge on any atom is -0.352 e. The van der Waals surface area contributed by atoms with Gasteiger partial charge in [-0.3, -0.25) is 4.79 Å². The van der Waals surface area contributed by atoms with E-state index in [1.165, 1.54) is 0 Å². The maximum Gasteiger partial charge on any atom is 0.228 e. The number of hydrogen-bond donors (Lipinski definition) is 0. The molecule has 1 fully saturated rings. The third-order valence-electron chi connectivity index (χ3n) is 4.33. The topological polar surface area (TPSA) is 49.3 Å². The van der Waals surface area contributed by atoms with Crippen LogP contribution < -0.4 is 4.90 Å². The molecule has 1 aliphatic rings. The lowest BCUT2D eigenvalue weighted by Gasteiger charge is -2.38. The van der Waals surface area contributed by atoms with E-state index in [0.29, 0.717) is 18.1 Å². The second-order valence-electron chi connectivity index (χ2n) is 7.29. The molecule has 5 nitrogen and oxygen atoms in total. The summed E-state index contributed by atoms with van der Waals surface area (Å²) in [6.07, 6.45) is 0. The van der Waals surface area contributed by atoms with Gasteiger partial charge in [-0.2, -0.15) is 0 Å². The second kappa shape index (κ2) is 7.00. The van der Waals surface area contributed by atoms with Crippen LogP contribution in [0.5, 0.6) is 0 Å². The van der Waals surface area contributed by atoms with Crippen LogP contribution in [0.3, 0.4) is 0 Å². The summed E-state index contributed by atoms with van der Waals surface area (Å²) < 4.78 is 0. The van der Waals surface area contributed by atoms with Crippen molar-refractivity contribution < 1.29 is 4.79 Å². The summed E-state index contributed by atoms with van der Waals surface area (Å²) in [6.45, 7) is 8.83. The van der Waals surface area contributed by atoms with Gasteiger partial charge in [-0.05, 0) is 18.2 Å². The highest BCUT2D eigenvalue weighted by Crippen LogP contribution is 2.26. The average Bonchev–Trinajstić information content (AvgIpc) is 2.61. The van der Waals surface area contributed by atoms with Crippen molar-refractivity contribution >= 4 is 23.3 Å². The fourth-order valence-corrected chi connectivity index (χ4v) is 3.15. The zero-order valence-corrected chi connectivity index (χ0v) is 15.6. The first-order chi connectivity index (χ1) is 11.9. The summed E-state index contributed by atoms with van der Waals surface area (Å²) >= 11 is 6.21. The third kappa shape index (κ3) is 3.93. The molecular weight excluding hydrogens is 336 g/mol. The van der Waals surface area contributed by atoms with E-state index >= 15 is 0 Å². The molecule has 1 amide bonds. The standard InChI is InChI=1S/C19H23ClN4O/c1-19(2,3)18(25)24-12-10-23(11-13-24)17-9-8-16(21-22-17)14-6-4-5-7-15(14)20/h4-9H,10-13H2,1-3H3. The van der Waals surface area contributed by atoms with Crippen molar-refractivity contribution in [1.29, 1.82) is 0 Å². The largest absolute Gasteiger partial charge is 0.352 e. The lowest BCUT2D eigenvalue weighted by Crippen LogP contribution is -2.51. The van der Waals surface area contributed by atoms with Crippen molar-refractivity contribution in [3.05, 3.63) is 41.4 Å². The molecule has 1 aliphatic heterocycles. The van der Waals surface area contributed by atoms with Gasteiger partial charge in [0.25, 0.3) is 0 Å². The van der Waals surface area contributed by atoms with Crippen LogP contribution in [-0.4, -0.2) is 47.2 Å². The van der Waals surface area contributed by atoms with Gasteiger partial charge in [-0.15, -0.1) is 10.2 Å². The van der Waals surface area contributed by atoms with Crippen molar-refractivity contribution in [3.8, 4) is 11.3 Å². The van der Waals surface area contributed by atoms with Gasteiger partial charge in [0.15, 0.2) is 5.82 Å². The molecule has 0 bridgehead atoms. The number of amides is 1. The van der Waals surface area contributed by atoms with Crippen LogP contribution in [0.2, 0.25) is 5.02 Å². The Morgan fingerprint density at radius 3 is 2.24 bits per heavy atom. The van der Waals surface area contributed by atoms with Crippen LogP contribution in [-0.2, 0) is 4.79 Å². The summed E-state index contributed by atoms with van der Waals surface area (Å²) in [4.78, 5) is 16.5. The van der Waals surface area contributed by atoms with Crippen molar-refractivity contribution in [1.82, 2.24) is 15.1 Å². The van der Waals surface area contributed by atoms with Crippen molar-refractivity contribution in [2.45, 2.75) is 20.8 Å². The van der Waals surface area contributed by atoms with Crippen LogP contribution >= 0.6 is 11.6 Å². The molecule has 0 radical (unpaired) electrons. The number of nitrogens with zero attached hydrogens (tertiary/aromatic N) is 4. The minimum atomic E-state index is -0.335. The highest BCUT2D eigenvalue weighted by molar-refractivity contribution is 6.33. The van der Waals surface area contributed by atoms with E-state index < -0.39 is 0 Å². The smallest absolute Gasteiger partial charge is 0.228 e. The van der Waals surface area contributed by atoms with Gasteiger partial charge in [-0.25, -0.2) is 0 Å². The quantitative estimate of drug-likeness (QED) is 0.824. The van der Waals surface area contributed by atoms with Crippen LogP contribution in [0.25, 0.3) is 11.3 Å². The molecule has 1 aromatic carbocycles. The molecule has 0 spiro atoms. The van der Waals surface area contributed by atoms with E-state index in [0.717, 1.165) is 30.2 Å². The summed E-state index contributed by atoms with van der Waals surface area (Å²) in [6, 6.07) is 11.5. The molecule has 6 heteroatoms. The fourth-order valence-electron chi connectivity index (χ4n) is 2.92. The predicted molar refractivity (Wildman–Crippen MR) is 101 cm³/mol. The minimum absolute atomic E-state index is 0.201. The second-order valence-corrected chi connectivity index (χ2v) is 7.69. The maximum absolute atomic E-state index is 12.4. The average molecular weight is 359 g/mol. The normalized spacial score (nSPS) is 15.4. The highest BCUT2D eigenvalue weighted by Gasteiger charge is 2.30. The van der Waals surface area contributed by atoms with E-state index in [4.69, 9.17) is 11.6 Å². The molecule has 25 heavy (non-hydrogen) atoms. The maximum atomic E-state index is 12.4. The SMILES string of the molecule is CC(C)(C)C(=O)N1CCN(c2ccc(-c3ccccc3Cl)nn2)CC1. The van der Waals surface area contributed by atoms with E-state index in [2.05, 4.69) is 15.1 Å². The Morgan fingerprint density at radius 2 is 1.68 bits per heavy atom. The Labute approximate surface area is 153 Å². The fraction of sp³-hybridized carbons (Fsp3) is 0.421. The molecule has 2 heterocycles. The Hall–Kier alpha value is -2.14. The van der Waals surface area contributed by atoms with Crippen LogP contribution in [0.1, 0.15) is 20.8 Å². The number of aromatic nitrogens is 2. The Bertz CT molecular complexity index is 747. The molecule has 0 saturated carbocycles. The number of hydrogen-bond acceptors (Lipinski definition) is 4. The van der Waals surface area contributed by atoms with E-state index in [1.807, 2.05) is 62.1 Å². The van der Waals surface area contributed by atoms with E-state index in [1.54, 1.807) is 0 Å². The summed E-state index contributed by atoms with van der Waals surface area (Å²) in [5, 5.41) is 9.34. The summed E-state index contributed by atoms with van der Waals surface area (Å²) in [7, 11) is 0. The molecule has 132 valence electrons. The zero-order chi connectivity index (χ0) is 18.0. The first-order valence-corrected chi connectivity index (χ1v) is 8.87. The number of piperazine rings is 1. The molecule has 0 aliphatic carbocycles. The first-order valence-electron chi connectivity index (χ1n) is 8.49.